The van der Waals surface area contributed by atoms with Crippen molar-refractivity contribution in [1.82, 2.24) is 4.72 Å². The molecule has 1 aliphatic rings. The van der Waals surface area contributed by atoms with Crippen LogP contribution < -0.4 is 10.0 Å². The van der Waals surface area contributed by atoms with E-state index in [4.69, 9.17) is 0 Å². The zero-order valence-corrected chi connectivity index (χ0v) is 15.4. The minimum absolute atomic E-state index is 0.102. The molecule has 0 heterocycles. The molecular formula is C19H21FN2O3S. The molecule has 5 nitrogen and oxygen atoms in total. The van der Waals surface area contributed by atoms with Gasteiger partial charge in [0.2, 0.25) is 15.9 Å². The van der Waals surface area contributed by atoms with Gasteiger partial charge in [-0.05, 0) is 68.1 Å². The predicted molar refractivity (Wildman–Crippen MR) is 97.8 cm³/mol. The number of nitrogens with one attached hydrogen (secondary N) is 2. The minimum Gasteiger partial charge on any atom is -0.326 e. The largest absolute Gasteiger partial charge is 0.326 e. The molecule has 3 rings (SSSR count). The first-order chi connectivity index (χ1) is 12.3. The normalized spacial score (nSPS) is 19.4. The molecule has 0 aromatic heterocycles. The average molecular weight is 376 g/mol. The van der Waals surface area contributed by atoms with Gasteiger partial charge in [-0.25, -0.2) is 17.5 Å². The second-order valence-corrected chi connectivity index (χ2v) is 8.50. The standard InChI is InChI=1S/C19H21FN2O3S/c1-12(2)22-26(24,25)16-9-7-15(8-10-16)21-19(23)18-11-17(18)13-3-5-14(20)6-4-13/h3-10,12,17-18,22H,11H2,1-2H3,(H,21,23). The van der Waals surface area contributed by atoms with Crippen molar-refractivity contribution in [3.8, 4) is 0 Å². The summed E-state index contributed by atoms with van der Waals surface area (Å²) < 4.78 is 39.7. The summed E-state index contributed by atoms with van der Waals surface area (Å²) in [6, 6.07) is 12.1. The molecule has 26 heavy (non-hydrogen) atoms. The van der Waals surface area contributed by atoms with Crippen molar-refractivity contribution in [2.75, 3.05) is 5.32 Å². The molecule has 0 saturated heterocycles. The Hall–Kier alpha value is -2.25. The van der Waals surface area contributed by atoms with E-state index in [0.717, 1.165) is 12.0 Å². The van der Waals surface area contributed by atoms with Gasteiger partial charge in [-0.1, -0.05) is 12.1 Å². The highest BCUT2D eigenvalue weighted by atomic mass is 32.2. The lowest BCUT2D eigenvalue weighted by Crippen LogP contribution is -2.30. The number of hydrogen-bond acceptors (Lipinski definition) is 3. The van der Waals surface area contributed by atoms with Crippen molar-refractivity contribution in [3.63, 3.8) is 0 Å². The third-order valence-corrected chi connectivity index (χ3v) is 5.92. The molecule has 2 aromatic rings. The maximum atomic E-state index is 13.0. The molecule has 2 aromatic carbocycles. The molecule has 0 radical (unpaired) electrons. The first kappa shape index (κ1) is 18.5. The van der Waals surface area contributed by atoms with Gasteiger partial charge >= 0.3 is 0 Å². The molecule has 1 amide bonds. The highest BCUT2D eigenvalue weighted by Gasteiger charge is 2.43. The quantitative estimate of drug-likeness (QED) is 0.813. The average Bonchev–Trinajstić information content (AvgIpc) is 3.35. The van der Waals surface area contributed by atoms with E-state index in [1.165, 1.54) is 24.3 Å². The topological polar surface area (TPSA) is 75.3 Å². The van der Waals surface area contributed by atoms with Crippen LogP contribution in [0.4, 0.5) is 10.1 Å². The summed E-state index contributed by atoms with van der Waals surface area (Å²) in [5.41, 5.74) is 1.50. The Morgan fingerprint density at radius 2 is 1.69 bits per heavy atom. The van der Waals surface area contributed by atoms with Crippen molar-refractivity contribution >= 4 is 21.6 Å². The number of anilines is 1. The number of benzene rings is 2. The Bertz CT molecular complexity index is 893. The van der Waals surface area contributed by atoms with E-state index in [1.807, 2.05) is 0 Å². The monoisotopic (exact) mass is 376 g/mol. The first-order valence-electron chi connectivity index (χ1n) is 8.45. The number of rotatable bonds is 6. The molecule has 2 N–H and O–H groups in total. The number of halogens is 1. The summed E-state index contributed by atoms with van der Waals surface area (Å²) in [4.78, 5) is 12.5. The van der Waals surface area contributed by atoms with E-state index in [-0.39, 0.29) is 34.5 Å². The van der Waals surface area contributed by atoms with Gasteiger partial charge in [0.05, 0.1) is 4.90 Å². The van der Waals surface area contributed by atoms with Crippen molar-refractivity contribution in [2.24, 2.45) is 5.92 Å². The predicted octanol–water partition coefficient (Wildman–Crippen LogP) is 3.25. The summed E-state index contributed by atoms with van der Waals surface area (Å²) in [7, 11) is -3.55. The third kappa shape index (κ3) is 4.28. The summed E-state index contributed by atoms with van der Waals surface area (Å²) in [6.45, 7) is 3.50. The SMILES string of the molecule is CC(C)NS(=O)(=O)c1ccc(NC(=O)C2CC2c2ccc(F)cc2)cc1. The molecule has 7 heteroatoms. The van der Waals surface area contributed by atoms with Gasteiger partial charge in [-0.2, -0.15) is 0 Å². The van der Waals surface area contributed by atoms with Gasteiger partial charge in [-0.15, -0.1) is 0 Å². The Kier molecular flexibility index (Phi) is 5.11. The van der Waals surface area contributed by atoms with Crippen LogP contribution >= 0.6 is 0 Å². The Morgan fingerprint density at radius 1 is 1.08 bits per heavy atom. The van der Waals surface area contributed by atoms with E-state index >= 15 is 0 Å². The van der Waals surface area contributed by atoms with Crippen LogP contribution in [-0.2, 0) is 14.8 Å². The molecule has 2 unspecified atom stereocenters. The highest BCUT2D eigenvalue weighted by Crippen LogP contribution is 2.48. The fourth-order valence-corrected chi connectivity index (χ4v) is 4.14. The van der Waals surface area contributed by atoms with E-state index in [2.05, 4.69) is 10.0 Å². The molecule has 0 aliphatic heterocycles. The number of carbonyl (C=O) groups is 1. The Morgan fingerprint density at radius 3 is 2.27 bits per heavy atom. The van der Waals surface area contributed by atoms with Crippen molar-refractivity contribution in [3.05, 3.63) is 59.9 Å². The van der Waals surface area contributed by atoms with Gasteiger partial charge in [0, 0.05) is 17.6 Å². The second kappa shape index (κ2) is 7.17. The highest BCUT2D eigenvalue weighted by molar-refractivity contribution is 7.89. The van der Waals surface area contributed by atoms with Crippen LogP contribution in [-0.4, -0.2) is 20.4 Å². The number of amides is 1. The van der Waals surface area contributed by atoms with Crippen LogP contribution in [0.1, 0.15) is 31.7 Å². The number of sulfonamides is 1. The van der Waals surface area contributed by atoms with Crippen LogP contribution in [0, 0.1) is 11.7 Å². The van der Waals surface area contributed by atoms with E-state index in [0.29, 0.717) is 5.69 Å². The zero-order valence-electron chi connectivity index (χ0n) is 14.6. The van der Waals surface area contributed by atoms with E-state index < -0.39 is 10.0 Å². The molecular weight excluding hydrogens is 355 g/mol. The van der Waals surface area contributed by atoms with Crippen molar-refractivity contribution < 1.29 is 17.6 Å². The van der Waals surface area contributed by atoms with Gasteiger partial charge < -0.3 is 5.32 Å². The smallest absolute Gasteiger partial charge is 0.240 e. The summed E-state index contributed by atoms with van der Waals surface area (Å²) in [6.07, 6.45) is 0.724. The van der Waals surface area contributed by atoms with E-state index in [1.54, 1.807) is 38.1 Å². The van der Waals surface area contributed by atoms with Crippen molar-refractivity contribution in [2.45, 2.75) is 37.1 Å². The maximum absolute atomic E-state index is 13.0. The maximum Gasteiger partial charge on any atom is 0.240 e. The van der Waals surface area contributed by atoms with Crippen molar-refractivity contribution in [1.29, 1.82) is 0 Å². The lowest BCUT2D eigenvalue weighted by atomic mass is 10.1. The summed E-state index contributed by atoms with van der Waals surface area (Å²) >= 11 is 0. The first-order valence-corrected chi connectivity index (χ1v) is 9.93. The molecule has 1 aliphatic carbocycles. The Labute approximate surface area is 152 Å². The van der Waals surface area contributed by atoms with Crippen LogP contribution in [0.15, 0.2) is 53.4 Å². The Balaban J connectivity index is 1.61. The third-order valence-electron chi connectivity index (χ3n) is 4.25. The fourth-order valence-electron chi connectivity index (χ4n) is 2.89. The molecule has 1 fully saturated rings. The van der Waals surface area contributed by atoms with Crippen LogP contribution in [0.25, 0.3) is 0 Å². The summed E-state index contributed by atoms with van der Waals surface area (Å²) in [5.74, 6) is -0.454. The molecule has 2 atom stereocenters. The van der Waals surface area contributed by atoms with Crippen LogP contribution in [0.2, 0.25) is 0 Å². The van der Waals surface area contributed by atoms with E-state index in [9.17, 15) is 17.6 Å². The second-order valence-electron chi connectivity index (χ2n) is 6.79. The molecule has 138 valence electrons. The minimum atomic E-state index is -3.55. The molecule has 0 bridgehead atoms. The lowest BCUT2D eigenvalue weighted by Gasteiger charge is -2.10. The fraction of sp³-hybridized carbons (Fsp3) is 0.316. The molecule has 0 spiro atoms. The van der Waals surface area contributed by atoms with Gasteiger partial charge in [0.1, 0.15) is 5.82 Å². The van der Waals surface area contributed by atoms with Crippen LogP contribution in [0.3, 0.4) is 0 Å². The number of hydrogen-bond donors (Lipinski definition) is 2. The molecule has 1 saturated carbocycles. The van der Waals surface area contributed by atoms with Crippen LogP contribution in [0.5, 0.6) is 0 Å². The zero-order chi connectivity index (χ0) is 18.9. The number of carbonyl (C=O) groups excluding carboxylic acids is 1. The van der Waals surface area contributed by atoms with Gasteiger partial charge in [-0.3, -0.25) is 4.79 Å². The van der Waals surface area contributed by atoms with Gasteiger partial charge in [0.15, 0.2) is 0 Å². The van der Waals surface area contributed by atoms with Gasteiger partial charge in [0.25, 0.3) is 0 Å². The summed E-state index contributed by atoms with van der Waals surface area (Å²) in [5, 5.41) is 2.81. The lowest BCUT2D eigenvalue weighted by molar-refractivity contribution is -0.117.